The lowest BCUT2D eigenvalue weighted by atomic mass is 10.00. The Hall–Kier alpha value is -3.12. The Morgan fingerprint density at radius 1 is 1.10 bits per heavy atom. The molecule has 1 unspecified atom stereocenters. The predicted molar refractivity (Wildman–Crippen MR) is 118 cm³/mol. The van der Waals surface area contributed by atoms with Gasteiger partial charge in [-0.3, -0.25) is 9.69 Å². The van der Waals surface area contributed by atoms with E-state index in [9.17, 15) is 9.18 Å². The van der Waals surface area contributed by atoms with Crippen molar-refractivity contribution >= 4 is 5.91 Å². The lowest BCUT2D eigenvalue weighted by Gasteiger charge is -2.34. The van der Waals surface area contributed by atoms with E-state index in [4.69, 9.17) is 4.98 Å². The van der Waals surface area contributed by atoms with Crippen molar-refractivity contribution in [3.8, 4) is 0 Å². The Labute approximate surface area is 182 Å². The summed E-state index contributed by atoms with van der Waals surface area (Å²) in [7, 11) is 0. The summed E-state index contributed by atoms with van der Waals surface area (Å²) < 4.78 is 13.0. The van der Waals surface area contributed by atoms with Crippen LogP contribution in [0.15, 0.2) is 60.8 Å². The van der Waals surface area contributed by atoms with E-state index in [0.29, 0.717) is 17.8 Å². The van der Waals surface area contributed by atoms with E-state index >= 15 is 0 Å². The molecular formula is C25H27FN4O. The monoisotopic (exact) mass is 418 g/mol. The molecule has 6 heteroatoms. The highest BCUT2D eigenvalue weighted by atomic mass is 19.1. The van der Waals surface area contributed by atoms with Gasteiger partial charge in [0.2, 0.25) is 0 Å². The summed E-state index contributed by atoms with van der Waals surface area (Å²) in [5, 5.41) is 2.86. The molecule has 0 radical (unpaired) electrons. The summed E-state index contributed by atoms with van der Waals surface area (Å²) in [5.41, 5.74) is 3.26. The van der Waals surface area contributed by atoms with Gasteiger partial charge >= 0.3 is 0 Å². The summed E-state index contributed by atoms with van der Waals surface area (Å²) in [6.45, 7) is 4.06. The van der Waals surface area contributed by atoms with Crippen molar-refractivity contribution in [1.82, 2.24) is 20.2 Å². The number of aryl methyl sites for hydroxylation is 1. The molecule has 0 aliphatic carbocycles. The first kappa shape index (κ1) is 21.1. The summed E-state index contributed by atoms with van der Waals surface area (Å²) >= 11 is 0. The van der Waals surface area contributed by atoms with Crippen molar-refractivity contribution in [1.29, 1.82) is 0 Å². The molecule has 1 N–H and O–H groups in total. The molecule has 1 aromatic heterocycles. The minimum atomic E-state index is -0.293. The van der Waals surface area contributed by atoms with Crippen LogP contribution in [0.1, 0.15) is 58.3 Å². The van der Waals surface area contributed by atoms with Crippen molar-refractivity contribution in [3.63, 3.8) is 0 Å². The molecule has 1 amide bonds. The van der Waals surface area contributed by atoms with Crippen LogP contribution in [0.3, 0.4) is 0 Å². The van der Waals surface area contributed by atoms with Gasteiger partial charge in [0.25, 0.3) is 5.91 Å². The number of piperidine rings is 1. The van der Waals surface area contributed by atoms with Crippen LogP contribution in [0, 0.1) is 12.7 Å². The molecule has 0 spiro atoms. The SMILES string of the molecule is Cc1nc(C2CCCCN2Cc2ccccc2)ncc1C(=O)NCc1ccc(F)cc1. The fraction of sp³-hybridized carbons (Fsp3) is 0.320. The molecule has 31 heavy (non-hydrogen) atoms. The number of aromatic nitrogens is 2. The zero-order chi connectivity index (χ0) is 21.6. The van der Waals surface area contributed by atoms with Gasteiger partial charge in [-0.05, 0) is 49.6 Å². The molecule has 4 rings (SSSR count). The molecule has 1 saturated heterocycles. The highest BCUT2D eigenvalue weighted by Crippen LogP contribution is 2.30. The third-order valence-electron chi connectivity index (χ3n) is 5.75. The highest BCUT2D eigenvalue weighted by molar-refractivity contribution is 5.94. The second-order valence-electron chi connectivity index (χ2n) is 8.00. The average molecular weight is 419 g/mol. The maximum absolute atomic E-state index is 13.0. The number of nitrogens with zero attached hydrogens (tertiary/aromatic N) is 3. The number of hydrogen-bond donors (Lipinski definition) is 1. The topological polar surface area (TPSA) is 58.1 Å². The zero-order valence-corrected chi connectivity index (χ0v) is 17.7. The number of amides is 1. The van der Waals surface area contributed by atoms with Crippen molar-refractivity contribution in [2.75, 3.05) is 6.54 Å². The predicted octanol–water partition coefficient (Wildman–Crippen LogP) is 4.58. The molecule has 1 aliphatic rings. The Morgan fingerprint density at radius 2 is 1.87 bits per heavy atom. The number of rotatable bonds is 6. The molecule has 1 aliphatic heterocycles. The number of halogens is 1. The number of nitrogens with one attached hydrogen (secondary N) is 1. The lowest BCUT2D eigenvalue weighted by molar-refractivity contribution is 0.0948. The van der Waals surface area contributed by atoms with E-state index in [2.05, 4.69) is 39.5 Å². The number of carbonyl (C=O) groups is 1. The van der Waals surface area contributed by atoms with Crippen LogP contribution >= 0.6 is 0 Å². The van der Waals surface area contributed by atoms with E-state index < -0.39 is 0 Å². The van der Waals surface area contributed by atoms with Gasteiger partial charge in [-0.25, -0.2) is 14.4 Å². The normalized spacial score (nSPS) is 16.8. The smallest absolute Gasteiger partial charge is 0.254 e. The van der Waals surface area contributed by atoms with Gasteiger partial charge in [-0.1, -0.05) is 48.9 Å². The second kappa shape index (κ2) is 9.79. The number of benzene rings is 2. The Morgan fingerprint density at radius 3 is 2.61 bits per heavy atom. The van der Waals surface area contributed by atoms with Crippen LogP contribution in [0.25, 0.3) is 0 Å². The third-order valence-corrected chi connectivity index (χ3v) is 5.75. The van der Waals surface area contributed by atoms with Crippen molar-refractivity contribution in [3.05, 3.63) is 94.8 Å². The van der Waals surface area contributed by atoms with Crippen LogP contribution in [-0.2, 0) is 13.1 Å². The minimum absolute atomic E-state index is 0.156. The van der Waals surface area contributed by atoms with Crippen LogP contribution in [0.2, 0.25) is 0 Å². The van der Waals surface area contributed by atoms with Gasteiger partial charge in [0.05, 0.1) is 17.3 Å². The molecule has 160 valence electrons. The second-order valence-corrected chi connectivity index (χ2v) is 8.00. The summed E-state index contributed by atoms with van der Waals surface area (Å²) in [4.78, 5) is 24.3. The Kier molecular flexibility index (Phi) is 6.67. The van der Waals surface area contributed by atoms with Gasteiger partial charge < -0.3 is 5.32 Å². The first-order chi connectivity index (χ1) is 15.1. The van der Waals surface area contributed by atoms with E-state index in [0.717, 1.165) is 37.3 Å². The van der Waals surface area contributed by atoms with Crippen molar-refractivity contribution < 1.29 is 9.18 Å². The first-order valence-electron chi connectivity index (χ1n) is 10.7. The number of hydrogen-bond acceptors (Lipinski definition) is 4. The maximum Gasteiger partial charge on any atom is 0.254 e. The van der Waals surface area contributed by atoms with Gasteiger partial charge in [-0.2, -0.15) is 0 Å². The molecular weight excluding hydrogens is 391 g/mol. The standard InChI is InChI=1S/C25H27FN4O/c1-18-22(25(31)28-15-19-10-12-21(26)13-11-19)16-27-24(29-18)23-9-5-6-14-30(23)17-20-7-3-2-4-8-20/h2-4,7-8,10-13,16,23H,5-6,9,14-15,17H2,1H3,(H,28,31). The molecule has 1 atom stereocenters. The Bertz CT molecular complexity index is 1020. The van der Waals surface area contributed by atoms with E-state index in [-0.39, 0.29) is 17.8 Å². The lowest BCUT2D eigenvalue weighted by Crippen LogP contribution is -2.34. The number of likely N-dealkylation sites (tertiary alicyclic amines) is 1. The molecule has 0 bridgehead atoms. The molecule has 2 heterocycles. The molecule has 3 aromatic rings. The van der Waals surface area contributed by atoms with Gasteiger partial charge in [0.1, 0.15) is 11.6 Å². The fourth-order valence-electron chi connectivity index (χ4n) is 4.04. The molecule has 1 fully saturated rings. The van der Waals surface area contributed by atoms with E-state index in [1.807, 2.05) is 13.0 Å². The quantitative estimate of drug-likeness (QED) is 0.637. The molecule has 2 aromatic carbocycles. The fourth-order valence-corrected chi connectivity index (χ4v) is 4.04. The van der Waals surface area contributed by atoms with Gasteiger partial charge in [0, 0.05) is 19.3 Å². The van der Waals surface area contributed by atoms with E-state index in [1.165, 1.54) is 24.1 Å². The summed E-state index contributed by atoms with van der Waals surface area (Å²) in [6, 6.07) is 16.7. The average Bonchev–Trinajstić information content (AvgIpc) is 2.79. The molecule has 5 nitrogen and oxygen atoms in total. The highest BCUT2D eigenvalue weighted by Gasteiger charge is 2.27. The molecule has 0 saturated carbocycles. The van der Waals surface area contributed by atoms with Crippen LogP contribution < -0.4 is 5.32 Å². The first-order valence-corrected chi connectivity index (χ1v) is 10.7. The maximum atomic E-state index is 13.0. The summed E-state index contributed by atoms with van der Waals surface area (Å²) in [5.74, 6) is 0.264. The van der Waals surface area contributed by atoms with Crippen molar-refractivity contribution in [2.24, 2.45) is 0 Å². The van der Waals surface area contributed by atoms with Crippen LogP contribution in [0.4, 0.5) is 4.39 Å². The zero-order valence-electron chi connectivity index (χ0n) is 17.7. The van der Waals surface area contributed by atoms with Crippen LogP contribution in [0.5, 0.6) is 0 Å². The van der Waals surface area contributed by atoms with Gasteiger partial charge in [-0.15, -0.1) is 0 Å². The third kappa shape index (κ3) is 5.33. The minimum Gasteiger partial charge on any atom is -0.348 e. The van der Waals surface area contributed by atoms with Crippen LogP contribution in [-0.4, -0.2) is 27.3 Å². The summed E-state index contributed by atoms with van der Waals surface area (Å²) in [6.07, 6.45) is 4.97. The van der Waals surface area contributed by atoms with E-state index in [1.54, 1.807) is 18.3 Å². The van der Waals surface area contributed by atoms with Gasteiger partial charge in [0.15, 0.2) is 0 Å². The largest absolute Gasteiger partial charge is 0.348 e. The van der Waals surface area contributed by atoms with Crippen molar-refractivity contribution in [2.45, 2.75) is 45.3 Å². The Balaban J connectivity index is 1.45. The number of carbonyl (C=O) groups excluding carboxylic acids is 1.